The number of benzene rings is 2. The van der Waals surface area contributed by atoms with Gasteiger partial charge in [0.1, 0.15) is 11.6 Å². The number of ether oxygens (including phenoxy) is 1. The van der Waals surface area contributed by atoms with E-state index in [0.29, 0.717) is 15.7 Å². The second-order valence-corrected chi connectivity index (χ2v) is 5.09. The van der Waals surface area contributed by atoms with Gasteiger partial charge < -0.3 is 10.1 Å². The Morgan fingerprint density at radius 2 is 1.71 bits per heavy atom. The van der Waals surface area contributed by atoms with Crippen LogP contribution in [-0.2, 0) is 6.54 Å². The zero-order valence-electron chi connectivity index (χ0n) is 10.5. The minimum Gasteiger partial charge on any atom is -0.406 e. The maximum Gasteiger partial charge on any atom is 0.573 e. The SMILES string of the molecule is Fc1cc(Br)ccc1NCc1ccc(OC(F)(F)F)cc1. The molecule has 0 unspecified atom stereocenters. The summed E-state index contributed by atoms with van der Waals surface area (Å²) in [5.41, 5.74) is 1.01. The fourth-order valence-electron chi connectivity index (χ4n) is 1.64. The average molecular weight is 364 g/mol. The van der Waals surface area contributed by atoms with Crippen LogP contribution in [0.5, 0.6) is 5.75 Å². The summed E-state index contributed by atoms with van der Waals surface area (Å²) < 4.78 is 54.0. The van der Waals surface area contributed by atoms with Gasteiger partial charge in [-0.05, 0) is 35.9 Å². The highest BCUT2D eigenvalue weighted by Crippen LogP contribution is 2.23. The van der Waals surface area contributed by atoms with E-state index < -0.39 is 12.2 Å². The smallest absolute Gasteiger partial charge is 0.406 e. The Morgan fingerprint density at radius 3 is 2.29 bits per heavy atom. The Bertz CT molecular complexity index is 613. The Kier molecular flexibility index (Phi) is 4.72. The van der Waals surface area contributed by atoms with Gasteiger partial charge in [0.25, 0.3) is 0 Å². The molecule has 2 nitrogen and oxygen atoms in total. The summed E-state index contributed by atoms with van der Waals surface area (Å²) in [5, 5.41) is 2.87. The molecule has 2 aromatic carbocycles. The highest BCUT2D eigenvalue weighted by atomic mass is 79.9. The predicted octanol–water partition coefficient (Wildman–Crippen LogP) is 5.10. The number of nitrogens with one attached hydrogen (secondary N) is 1. The number of rotatable bonds is 4. The van der Waals surface area contributed by atoms with Gasteiger partial charge in [-0.2, -0.15) is 0 Å². The molecule has 0 spiro atoms. The van der Waals surface area contributed by atoms with Crippen molar-refractivity contribution < 1.29 is 22.3 Å². The summed E-state index contributed by atoms with van der Waals surface area (Å²) >= 11 is 3.15. The van der Waals surface area contributed by atoms with Crippen molar-refractivity contribution in [3.05, 3.63) is 58.3 Å². The van der Waals surface area contributed by atoms with E-state index in [1.807, 2.05) is 0 Å². The molecule has 0 aliphatic heterocycles. The number of anilines is 1. The molecule has 1 N–H and O–H groups in total. The molecule has 2 rings (SSSR count). The molecule has 0 aliphatic rings. The second-order valence-electron chi connectivity index (χ2n) is 4.17. The molecule has 0 bridgehead atoms. The van der Waals surface area contributed by atoms with Gasteiger partial charge in [-0.1, -0.05) is 28.1 Å². The van der Waals surface area contributed by atoms with E-state index in [1.165, 1.54) is 30.3 Å². The van der Waals surface area contributed by atoms with Gasteiger partial charge in [0.15, 0.2) is 0 Å². The summed E-state index contributed by atoms with van der Waals surface area (Å²) in [6.45, 7) is 0.283. The number of hydrogen-bond acceptors (Lipinski definition) is 2. The summed E-state index contributed by atoms with van der Waals surface area (Å²) in [7, 11) is 0. The quantitative estimate of drug-likeness (QED) is 0.763. The molecule has 0 amide bonds. The molecule has 0 heterocycles. The minimum atomic E-state index is -4.71. The van der Waals surface area contributed by atoms with Crippen molar-refractivity contribution in [3.8, 4) is 5.75 Å². The van der Waals surface area contributed by atoms with E-state index in [9.17, 15) is 17.6 Å². The third-order valence-electron chi connectivity index (χ3n) is 2.57. The van der Waals surface area contributed by atoms with Gasteiger partial charge in [0.05, 0.1) is 5.69 Å². The Balaban J connectivity index is 1.97. The third-order valence-corrected chi connectivity index (χ3v) is 3.06. The summed E-state index contributed by atoms with van der Waals surface area (Å²) in [6, 6.07) is 9.95. The molecule has 0 atom stereocenters. The first-order chi connectivity index (χ1) is 9.83. The van der Waals surface area contributed by atoms with Gasteiger partial charge in [-0.25, -0.2) is 4.39 Å². The van der Waals surface area contributed by atoms with E-state index in [4.69, 9.17) is 0 Å². The van der Waals surface area contributed by atoms with Crippen molar-refractivity contribution >= 4 is 21.6 Å². The fourth-order valence-corrected chi connectivity index (χ4v) is 1.97. The van der Waals surface area contributed by atoms with Crippen LogP contribution in [0, 0.1) is 5.82 Å². The van der Waals surface area contributed by atoms with E-state index in [0.717, 1.165) is 0 Å². The third kappa shape index (κ3) is 4.93. The van der Waals surface area contributed by atoms with Crippen LogP contribution in [-0.4, -0.2) is 6.36 Å². The van der Waals surface area contributed by atoms with Crippen molar-refractivity contribution in [2.24, 2.45) is 0 Å². The van der Waals surface area contributed by atoms with Crippen LogP contribution in [0.3, 0.4) is 0 Å². The van der Waals surface area contributed by atoms with Gasteiger partial charge in [-0.3, -0.25) is 0 Å². The summed E-state index contributed by atoms with van der Waals surface area (Å²) in [6.07, 6.45) is -4.71. The highest BCUT2D eigenvalue weighted by Gasteiger charge is 2.30. The first kappa shape index (κ1) is 15.6. The molecule has 0 saturated carbocycles. The molecule has 7 heteroatoms. The monoisotopic (exact) mass is 363 g/mol. The predicted molar refractivity (Wildman–Crippen MR) is 74.6 cm³/mol. The van der Waals surface area contributed by atoms with E-state index in [2.05, 4.69) is 26.0 Å². The van der Waals surface area contributed by atoms with Crippen molar-refractivity contribution in [1.29, 1.82) is 0 Å². The number of alkyl halides is 3. The lowest BCUT2D eigenvalue weighted by atomic mass is 10.2. The fraction of sp³-hybridized carbons (Fsp3) is 0.143. The molecule has 0 radical (unpaired) electrons. The normalized spacial score (nSPS) is 11.3. The Labute approximate surface area is 126 Å². The number of halogens is 5. The average Bonchev–Trinajstić information content (AvgIpc) is 2.38. The van der Waals surface area contributed by atoms with E-state index in [1.54, 1.807) is 12.1 Å². The van der Waals surface area contributed by atoms with Crippen molar-refractivity contribution in [2.45, 2.75) is 12.9 Å². The maximum atomic E-state index is 13.6. The largest absolute Gasteiger partial charge is 0.573 e. The molecule has 21 heavy (non-hydrogen) atoms. The van der Waals surface area contributed by atoms with Gasteiger partial charge in [-0.15, -0.1) is 13.2 Å². The standard InChI is InChI=1S/C14H10BrF4NO/c15-10-3-6-13(12(16)7-10)20-8-9-1-4-11(5-2-9)21-14(17,18)19/h1-7,20H,8H2. The second kappa shape index (κ2) is 6.34. The zero-order valence-corrected chi connectivity index (χ0v) is 12.1. The molecular formula is C14H10BrF4NO. The molecule has 0 aromatic heterocycles. The lowest BCUT2D eigenvalue weighted by Gasteiger charge is -2.10. The lowest BCUT2D eigenvalue weighted by Crippen LogP contribution is -2.17. The summed E-state index contributed by atoms with van der Waals surface area (Å²) in [4.78, 5) is 0. The van der Waals surface area contributed by atoms with Crippen LogP contribution in [0.15, 0.2) is 46.9 Å². The summed E-state index contributed by atoms with van der Waals surface area (Å²) in [5.74, 6) is -0.706. The first-order valence-corrected chi connectivity index (χ1v) is 6.66. The van der Waals surface area contributed by atoms with Crippen molar-refractivity contribution in [1.82, 2.24) is 0 Å². The van der Waals surface area contributed by atoms with Gasteiger partial charge >= 0.3 is 6.36 Å². The van der Waals surface area contributed by atoms with Crippen LogP contribution in [0.25, 0.3) is 0 Å². The molecule has 0 aliphatic carbocycles. The van der Waals surface area contributed by atoms with Crippen molar-refractivity contribution in [2.75, 3.05) is 5.32 Å². The van der Waals surface area contributed by atoms with Crippen LogP contribution in [0.2, 0.25) is 0 Å². The van der Waals surface area contributed by atoms with Crippen LogP contribution in [0.4, 0.5) is 23.2 Å². The topological polar surface area (TPSA) is 21.3 Å². The van der Waals surface area contributed by atoms with Crippen molar-refractivity contribution in [3.63, 3.8) is 0 Å². The molecule has 0 saturated heterocycles. The highest BCUT2D eigenvalue weighted by molar-refractivity contribution is 9.10. The minimum absolute atomic E-state index is 0.283. The molecular weight excluding hydrogens is 354 g/mol. The first-order valence-electron chi connectivity index (χ1n) is 5.87. The van der Waals surface area contributed by atoms with E-state index in [-0.39, 0.29) is 12.3 Å². The molecule has 2 aromatic rings. The van der Waals surface area contributed by atoms with Crippen LogP contribution >= 0.6 is 15.9 Å². The molecule has 112 valence electrons. The molecule has 0 fully saturated rings. The van der Waals surface area contributed by atoms with Crippen LogP contribution < -0.4 is 10.1 Å². The lowest BCUT2D eigenvalue weighted by molar-refractivity contribution is -0.274. The van der Waals surface area contributed by atoms with E-state index >= 15 is 0 Å². The Morgan fingerprint density at radius 1 is 1.05 bits per heavy atom. The van der Waals surface area contributed by atoms with Crippen LogP contribution in [0.1, 0.15) is 5.56 Å². The van der Waals surface area contributed by atoms with Gasteiger partial charge in [0.2, 0.25) is 0 Å². The Hall–Kier alpha value is -1.76. The van der Waals surface area contributed by atoms with Gasteiger partial charge in [0, 0.05) is 11.0 Å². The zero-order chi connectivity index (χ0) is 15.5. The number of hydrogen-bond donors (Lipinski definition) is 1. The maximum absolute atomic E-state index is 13.6.